The second-order valence-corrected chi connectivity index (χ2v) is 5.96. The molecule has 0 aliphatic rings. The Labute approximate surface area is 111 Å². The Bertz CT molecular complexity index is 515. The number of hydrogen-bond donors (Lipinski definition) is 1. The first-order chi connectivity index (χ1) is 8.57. The van der Waals surface area contributed by atoms with Gasteiger partial charge in [0.15, 0.2) is 5.82 Å². The Morgan fingerprint density at radius 1 is 1.28 bits per heavy atom. The SMILES string of the molecule is CCC(CC)(CN)c1nn2c(C(C)C)nnc2s1. The second kappa shape index (κ2) is 4.93. The zero-order valence-electron chi connectivity index (χ0n) is 11.5. The molecule has 0 aromatic carbocycles. The first-order valence-electron chi connectivity index (χ1n) is 6.50. The number of rotatable bonds is 5. The van der Waals surface area contributed by atoms with Gasteiger partial charge in [0.2, 0.25) is 4.96 Å². The number of nitrogens with two attached hydrogens (primary N) is 1. The quantitative estimate of drug-likeness (QED) is 0.902. The first kappa shape index (κ1) is 13.4. The average molecular weight is 267 g/mol. The summed E-state index contributed by atoms with van der Waals surface area (Å²) in [5.74, 6) is 1.25. The van der Waals surface area contributed by atoms with Crippen LogP contribution in [0, 0.1) is 0 Å². The fourth-order valence-corrected chi connectivity index (χ4v) is 3.32. The van der Waals surface area contributed by atoms with Crippen molar-refractivity contribution < 1.29 is 0 Å². The van der Waals surface area contributed by atoms with Crippen LogP contribution in [-0.2, 0) is 5.41 Å². The van der Waals surface area contributed by atoms with Crippen LogP contribution in [0.25, 0.3) is 4.96 Å². The summed E-state index contributed by atoms with van der Waals surface area (Å²) in [6.07, 6.45) is 2.00. The second-order valence-electron chi connectivity index (χ2n) is 5.01. The predicted molar refractivity (Wildman–Crippen MR) is 74.1 cm³/mol. The molecule has 2 heterocycles. The van der Waals surface area contributed by atoms with Gasteiger partial charge in [0.1, 0.15) is 5.01 Å². The Hall–Kier alpha value is -1.01. The summed E-state index contributed by atoms with van der Waals surface area (Å²) in [6.45, 7) is 9.17. The lowest BCUT2D eigenvalue weighted by atomic mass is 9.83. The van der Waals surface area contributed by atoms with Crippen molar-refractivity contribution in [2.24, 2.45) is 5.73 Å². The van der Waals surface area contributed by atoms with Crippen LogP contribution >= 0.6 is 11.3 Å². The molecule has 0 unspecified atom stereocenters. The minimum absolute atomic E-state index is 0.0143. The molecule has 100 valence electrons. The molecule has 0 radical (unpaired) electrons. The summed E-state index contributed by atoms with van der Waals surface area (Å²) in [6, 6.07) is 0. The lowest BCUT2D eigenvalue weighted by molar-refractivity contribution is 0.400. The molecule has 0 fully saturated rings. The van der Waals surface area contributed by atoms with Gasteiger partial charge in [-0.15, -0.1) is 10.2 Å². The highest BCUT2D eigenvalue weighted by Crippen LogP contribution is 2.34. The molecule has 0 bridgehead atoms. The molecule has 2 N–H and O–H groups in total. The van der Waals surface area contributed by atoms with Gasteiger partial charge in [-0.2, -0.15) is 9.61 Å². The highest BCUT2D eigenvalue weighted by Gasteiger charge is 2.32. The van der Waals surface area contributed by atoms with E-state index in [0.717, 1.165) is 28.6 Å². The summed E-state index contributed by atoms with van der Waals surface area (Å²) in [5, 5.41) is 14.2. The van der Waals surface area contributed by atoms with Crippen molar-refractivity contribution in [3.63, 3.8) is 0 Å². The first-order valence-corrected chi connectivity index (χ1v) is 7.32. The van der Waals surface area contributed by atoms with Crippen LogP contribution in [0.3, 0.4) is 0 Å². The molecular weight excluding hydrogens is 246 g/mol. The van der Waals surface area contributed by atoms with Crippen molar-refractivity contribution in [3.8, 4) is 0 Å². The van der Waals surface area contributed by atoms with Crippen molar-refractivity contribution in [1.82, 2.24) is 19.8 Å². The molecule has 0 aliphatic carbocycles. The van der Waals surface area contributed by atoms with Gasteiger partial charge in [0.05, 0.1) is 0 Å². The molecule has 0 atom stereocenters. The minimum Gasteiger partial charge on any atom is -0.329 e. The van der Waals surface area contributed by atoms with Crippen molar-refractivity contribution in [3.05, 3.63) is 10.8 Å². The number of aromatic nitrogens is 4. The summed E-state index contributed by atoms with van der Waals surface area (Å²) < 4.78 is 1.88. The zero-order valence-corrected chi connectivity index (χ0v) is 12.3. The number of hydrogen-bond acceptors (Lipinski definition) is 5. The average Bonchev–Trinajstić information content (AvgIpc) is 2.91. The third kappa shape index (κ3) is 1.93. The Morgan fingerprint density at radius 2 is 1.94 bits per heavy atom. The number of nitrogens with zero attached hydrogens (tertiary/aromatic N) is 4. The largest absolute Gasteiger partial charge is 0.329 e. The van der Waals surface area contributed by atoms with E-state index in [0.29, 0.717) is 12.5 Å². The molecule has 0 amide bonds. The normalized spacial score (nSPS) is 12.8. The van der Waals surface area contributed by atoms with E-state index in [1.54, 1.807) is 11.3 Å². The smallest absolute Gasteiger partial charge is 0.234 e. The zero-order chi connectivity index (χ0) is 13.3. The van der Waals surface area contributed by atoms with Gasteiger partial charge in [-0.3, -0.25) is 0 Å². The van der Waals surface area contributed by atoms with Gasteiger partial charge in [-0.1, -0.05) is 39.0 Å². The van der Waals surface area contributed by atoms with Crippen LogP contribution in [0.5, 0.6) is 0 Å². The summed E-state index contributed by atoms with van der Waals surface area (Å²) in [5.41, 5.74) is 5.96. The maximum atomic E-state index is 5.97. The van der Waals surface area contributed by atoms with E-state index in [9.17, 15) is 0 Å². The van der Waals surface area contributed by atoms with Crippen LogP contribution in [0.4, 0.5) is 0 Å². The van der Waals surface area contributed by atoms with E-state index in [4.69, 9.17) is 10.8 Å². The van der Waals surface area contributed by atoms with Gasteiger partial charge in [-0.25, -0.2) is 0 Å². The molecule has 2 rings (SSSR count). The molecular formula is C12H21N5S. The third-order valence-electron chi connectivity index (χ3n) is 3.73. The van der Waals surface area contributed by atoms with Gasteiger partial charge in [-0.05, 0) is 12.8 Å². The third-order valence-corrected chi connectivity index (χ3v) is 4.87. The highest BCUT2D eigenvalue weighted by molar-refractivity contribution is 7.16. The van der Waals surface area contributed by atoms with Gasteiger partial charge in [0, 0.05) is 17.9 Å². The van der Waals surface area contributed by atoms with E-state index in [-0.39, 0.29) is 5.41 Å². The van der Waals surface area contributed by atoms with Gasteiger partial charge < -0.3 is 5.73 Å². The molecule has 18 heavy (non-hydrogen) atoms. The van der Waals surface area contributed by atoms with Crippen LogP contribution in [0.15, 0.2) is 0 Å². The monoisotopic (exact) mass is 267 g/mol. The highest BCUT2D eigenvalue weighted by atomic mass is 32.1. The Morgan fingerprint density at radius 3 is 2.44 bits per heavy atom. The van der Waals surface area contributed by atoms with Crippen molar-refractivity contribution >= 4 is 16.3 Å². The molecule has 2 aromatic heterocycles. The molecule has 0 aliphatic heterocycles. The Balaban J connectivity index is 2.53. The standard InChI is InChI=1S/C12H21N5S/c1-5-12(6-2,7-13)10-16-17-9(8(3)4)14-15-11(17)18-10/h8H,5-7,13H2,1-4H3. The van der Waals surface area contributed by atoms with Crippen LogP contribution in [0.1, 0.15) is 57.3 Å². The van der Waals surface area contributed by atoms with E-state index >= 15 is 0 Å². The van der Waals surface area contributed by atoms with E-state index in [2.05, 4.69) is 37.9 Å². The fourth-order valence-electron chi connectivity index (χ4n) is 2.13. The van der Waals surface area contributed by atoms with E-state index in [1.165, 1.54) is 0 Å². The fraction of sp³-hybridized carbons (Fsp3) is 0.750. The topological polar surface area (TPSA) is 69.1 Å². The summed E-state index contributed by atoms with van der Waals surface area (Å²) in [7, 11) is 0. The van der Waals surface area contributed by atoms with Gasteiger partial charge >= 0.3 is 0 Å². The maximum Gasteiger partial charge on any atom is 0.234 e. The number of fused-ring (bicyclic) bond motifs is 1. The van der Waals surface area contributed by atoms with E-state index < -0.39 is 0 Å². The molecule has 0 spiro atoms. The van der Waals surface area contributed by atoms with E-state index in [1.807, 2.05) is 4.52 Å². The summed E-state index contributed by atoms with van der Waals surface area (Å²) >= 11 is 1.61. The molecule has 2 aromatic rings. The minimum atomic E-state index is -0.0143. The van der Waals surface area contributed by atoms with Crippen molar-refractivity contribution in [2.75, 3.05) is 6.54 Å². The van der Waals surface area contributed by atoms with Crippen LogP contribution < -0.4 is 5.73 Å². The maximum absolute atomic E-state index is 5.97. The molecule has 0 saturated heterocycles. The molecule has 5 nitrogen and oxygen atoms in total. The van der Waals surface area contributed by atoms with Gasteiger partial charge in [0.25, 0.3) is 0 Å². The molecule has 0 saturated carbocycles. The van der Waals surface area contributed by atoms with Crippen molar-refractivity contribution in [2.45, 2.75) is 51.9 Å². The lowest BCUT2D eigenvalue weighted by Crippen LogP contribution is -2.33. The lowest BCUT2D eigenvalue weighted by Gasteiger charge is -2.26. The summed E-state index contributed by atoms with van der Waals surface area (Å²) in [4.78, 5) is 0.869. The predicted octanol–water partition coefficient (Wildman–Crippen LogP) is 2.33. The Kier molecular flexibility index (Phi) is 3.68. The van der Waals surface area contributed by atoms with Crippen LogP contribution in [0.2, 0.25) is 0 Å². The van der Waals surface area contributed by atoms with Crippen LogP contribution in [-0.4, -0.2) is 26.4 Å². The molecule has 6 heteroatoms. The van der Waals surface area contributed by atoms with Crippen molar-refractivity contribution in [1.29, 1.82) is 0 Å².